The van der Waals surface area contributed by atoms with Gasteiger partial charge in [-0.1, -0.05) is 41.9 Å². The van der Waals surface area contributed by atoms with Gasteiger partial charge in [0, 0.05) is 40.8 Å². The number of nitrogens with zero attached hydrogens (tertiary/aromatic N) is 2. The Morgan fingerprint density at radius 3 is 2.45 bits per heavy atom. The van der Waals surface area contributed by atoms with E-state index in [9.17, 15) is 4.79 Å². The van der Waals surface area contributed by atoms with E-state index in [-0.39, 0.29) is 5.91 Å². The molecule has 0 radical (unpaired) electrons. The summed E-state index contributed by atoms with van der Waals surface area (Å²) in [6, 6.07) is 22.7. The van der Waals surface area contributed by atoms with Gasteiger partial charge in [0.2, 0.25) is 0 Å². The average molecular weight is 432 g/mol. The van der Waals surface area contributed by atoms with E-state index in [4.69, 9.17) is 16.3 Å². The number of carbonyl (C=O) groups excluding carboxylic acids is 1. The molecule has 3 aromatic carbocycles. The van der Waals surface area contributed by atoms with Crippen LogP contribution in [0.15, 0.2) is 85.2 Å². The van der Waals surface area contributed by atoms with Crippen molar-refractivity contribution in [2.75, 3.05) is 0 Å². The Bertz CT molecular complexity index is 1170. The van der Waals surface area contributed by atoms with Gasteiger partial charge in [-0.15, -0.1) is 0 Å². The minimum Gasteiger partial charge on any atom is -0.489 e. The second-order valence-corrected chi connectivity index (χ2v) is 7.51. The second-order valence-electron chi connectivity index (χ2n) is 7.10. The summed E-state index contributed by atoms with van der Waals surface area (Å²) in [4.78, 5) is 16.7. The number of benzene rings is 3. The highest BCUT2D eigenvalue weighted by Crippen LogP contribution is 2.19. The maximum atomic E-state index is 12.5. The van der Waals surface area contributed by atoms with Crippen LogP contribution in [0.4, 0.5) is 0 Å². The van der Waals surface area contributed by atoms with Crippen molar-refractivity contribution in [1.82, 2.24) is 14.9 Å². The van der Waals surface area contributed by atoms with E-state index in [0.29, 0.717) is 29.5 Å². The standard InChI is InChI=1S/C25H22ClN3O2/c1-18-27-14-15-29(18)22-10-6-19(7-11-22)16-28-25(30)20-8-12-23(13-9-20)31-17-21-4-2-3-5-24(21)26/h2-15H,16-17H2,1H3,(H,28,30). The number of halogens is 1. The maximum Gasteiger partial charge on any atom is 0.251 e. The molecular formula is C25H22ClN3O2. The molecule has 6 heteroatoms. The fourth-order valence-corrected chi connectivity index (χ4v) is 3.38. The SMILES string of the molecule is Cc1nccn1-c1ccc(CNC(=O)c2ccc(OCc3ccccc3Cl)cc2)cc1. The molecule has 31 heavy (non-hydrogen) atoms. The second kappa shape index (κ2) is 9.49. The molecule has 5 nitrogen and oxygen atoms in total. The zero-order valence-electron chi connectivity index (χ0n) is 17.1. The zero-order chi connectivity index (χ0) is 21.6. The van der Waals surface area contributed by atoms with Crippen LogP contribution in [-0.2, 0) is 13.2 Å². The summed E-state index contributed by atoms with van der Waals surface area (Å²) < 4.78 is 7.78. The molecular weight excluding hydrogens is 410 g/mol. The molecule has 0 saturated heterocycles. The summed E-state index contributed by atoms with van der Waals surface area (Å²) in [5, 5.41) is 3.62. The van der Waals surface area contributed by atoms with Crippen LogP contribution >= 0.6 is 11.6 Å². The summed E-state index contributed by atoms with van der Waals surface area (Å²) in [5.74, 6) is 1.48. The van der Waals surface area contributed by atoms with Crippen LogP contribution in [0.2, 0.25) is 5.02 Å². The first-order valence-electron chi connectivity index (χ1n) is 9.94. The third-order valence-electron chi connectivity index (χ3n) is 4.96. The Labute approximate surface area is 186 Å². The first kappa shape index (κ1) is 20.7. The molecule has 0 unspecified atom stereocenters. The molecule has 4 aromatic rings. The molecule has 0 saturated carbocycles. The Kier molecular flexibility index (Phi) is 6.34. The summed E-state index contributed by atoms with van der Waals surface area (Å²) >= 11 is 6.15. The van der Waals surface area contributed by atoms with Crippen molar-refractivity contribution in [3.63, 3.8) is 0 Å². The van der Waals surface area contributed by atoms with Crippen LogP contribution in [0.1, 0.15) is 27.3 Å². The Morgan fingerprint density at radius 2 is 1.77 bits per heavy atom. The van der Waals surface area contributed by atoms with Gasteiger partial charge in [-0.3, -0.25) is 4.79 Å². The van der Waals surface area contributed by atoms with Crippen LogP contribution in [0, 0.1) is 6.92 Å². The number of rotatable bonds is 7. The Morgan fingerprint density at radius 1 is 1.03 bits per heavy atom. The largest absolute Gasteiger partial charge is 0.489 e. The predicted octanol–water partition coefficient (Wildman–Crippen LogP) is 5.34. The molecule has 0 aliphatic rings. The molecule has 1 amide bonds. The van der Waals surface area contributed by atoms with Crippen molar-refractivity contribution in [3.05, 3.63) is 113 Å². The molecule has 4 rings (SSSR count). The van der Waals surface area contributed by atoms with E-state index in [1.807, 2.05) is 66.2 Å². The number of imidazole rings is 1. The smallest absolute Gasteiger partial charge is 0.251 e. The first-order valence-corrected chi connectivity index (χ1v) is 10.3. The van der Waals surface area contributed by atoms with Crippen molar-refractivity contribution < 1.29 is 9.53 Å². The van der Waals surface area contributed by atoms with E-state index in [2.05, 4.69) is 10.3 Å². The number of ether oxygens (including phenoxy) is 1. The van der Waals surface area contributed by atoms with Gasteiger partial charge in [0.15, 0.2) is 0 Å². The van der Waals surface area contributed by atoms with E-state index >= 15 is 0 Å². The molecule has 0 aliphatic carbocycles. The fraction of sp³-hybridized carbons (Fsp3) is 0.120. The van der Waals surface area contributed by atoms with E-state index in [0.717, 1.165) is 22.6 Å². The third kappa shape index (κ3) is 5.13. The monoisotopic (exact) mass is 431 g/mol. The maximum absolute atomic E-state index is 12.5. The number of hydrogen-bond acceptors (Lipinski definition) is 3. The summed E-state index contributed by atoms with van der Waals surface area (Å²) in [5.41, 5.74) is 3.56. The molecule has 0 fully saturated rings. The quantitative estimate of drug-likeness (QED) is 0.429. The van der Waals surface area contributed by atoms with Gasteiger partial charge in [-0.2, -0.15) is 0 Å². The topological polar surface area (TPSA) is 56.2 Å². The lowest BCUT2D eigenvalue weighted by Gasteiger charge is -2.10. The van der Waals surface area contributed by atoms with Crippen molar-refractivity contribution in [2.45, 2.75) is 20.1 Å². The zero-order valence-corrected chi connectivity index (χ0v) is 17.8. The summed E-state index contributed by atoms with van der Waals surface area (Å²) in [7, 11) is 0. The number of nitrogens with one attached hydrogen (secondary N) is 1. The van der Waals surface area contributed by atoms with Crippen molar-refractivity contribution in [1.29, 1.82) is 0 Å². The van der Waals surface area contributed by atoms with Crippen LogP contribution < -0.4 is 10.1 Å². The Balaban J connectivity index is 1.30. The third-order valence-corrected chi connectivity index (χ3v) is 5.33. The van der Waals surface area contributed by atoms with Crippen molar-refractivity contribution in [3.8, 4) is 11.4 Å². The molecule has 156 valence electrons. The lowest BCUT2D eigenvalue weighted by molar-refractivity contribution is 0.0951. The van der Waals surface area contributed by atoms with Gasteiger partial charge >= 0.3 is 0 Å². The number of amides is 1. The van der Waals surface area contributed by atoms with E-state index < -0.39 is 0 Å². The molecule has 0 aliphatic heterocycles. The summed E-state index contributed by atoms with van der Waals surface area (Å²) in [6.45, 7) is 2.79. The molecule has 0 bridgehead atoms. The normalized spacial score (nSPS) is 10.6. The number of aryl methyl sites for hydroxylation is 1. The molecule has 1 aromatic heterocycles. The number of hydrogen-bond donors (Lipinski definition) is 1. The van der Waals surface area contributed by atoms with Crippen LogP contribution in [0.3, 0.4) is 0 Å². The van der Waals surface area contributed by atoms with Crippen LogP contribution in [0.5, 0.6) is 5.75 Å². The number of aromatic nitrogens is 2. The predicted molar refractivity (Wildman–Crippen MR) is 122 cm³/mol. The van der Waals surface area contributed by atoms with Crippen LogP contribution in [-0.4, -0.2) is 15.5 Å². The summed E-state index contributed by atoms with van der Waals surface area (Å²) in [6.07, 6.45) is 3.70. The molecule has 1 heterocycles. The molecule has 0 atom stereocenters. The average Bonchev–Trinajstić information content (AvgIpc) is 3.23. The molecule has 1 N–H and O–H groups in total. The van der Waals surface area contributed by atoms with Gasteiger partial charge in [-0.25, -0.2) is 4.98 Å². The Hall–Kier alpha value is -3.57. The lowest BCUT2D eigenvalue weighted by atomic mass is 10.1. The first-order chi connectivity index (χ1) is 15.1. The number of carbonyl (C=O) groups is 1. The van der Waals surface area contributed by atoms with E-state index in [1.54, 1.807) is 30.5 Å². The fourth-order valence-electron chi connectivity index (χ4n) is 3.19. The van der Waals surface area contributed by atoms with Gasteiger partial charge in [0.1, 0.15) is 18.2 Å². The van der Waals surface area contributed by atoms with Crippen LogP contribution in [0.25, 0.3) is 5.69 Å². The molecule has 0 spiro atoms. The van der Waals surface area contributed by atoms with Gasteiger partial charge in [-0.05, 0) is 55.0 Å². The minimum absolute atomic E-state index is 0.132. The highest BCUT2D eigenvalue weighted by atomic mass is 35.5. The van der Waals surface area contributed by atoms with Gasteiger partial charge < -0.3 is 14.6 Å². The van der Waals surface area contributed by atoms with Gasteiger partial charge in [0.05, 0.1) is 0 Å². The van der Waals surface area contributed by atoms with Gasteiger partial charge in [0.25, 0.3) is 5.91 Å². The lowest BCUT2D eigenvalue weighted by Crippen LogP contribution is -2.22. The van der Waals surface area contributed by atoms with Crippen molar-refractivity contribution in [2.24, 2.45) is 0 Å². The minimum atomic E-state index is -0.132. The van der Waals surface area contributed by atoms with E-state index in [1.165, 1.54) is 0 Å². The highest BCUT2D eigenvalue weighted by Gasteiger charge is 2.07. The highest BCUT2D eigenvalue weighted by molar-refractivity contribution is 6.31. The van der Waals surface area contributed by atoms with Crippen molar-refractivity contribution >= 4 is 17.5 Å².